The van der Waals surface area contributed by atoms with E-state index in [-0.39, 0.29) is 29.9 Å². The predicted octanol–water partition coefficient (Wildman–Crippen LogP) is 4.09. The normalized spacial score (nSPS) is 11.5. The maximum atomic E-state index is 13.7. The molecule has 0 unspecified atom stereocenters. The van der Waals surface area contributed by atoms with Crippen LogP contribution in [0.3, 0.4) is 0 Å². The van der Waals surface area contributed by atoms with Crippen molar-refractivity contribution in [3.63, 3.8) is 0 Å². The van der Waals surface area contributed by atoms with Gasteiger partial charge in [-0.05, 0) is 18.2 Å². The topological polar surface area (TPSA) is 54.5 Å². The highest BCUT2D eigenvalue weighted by Gasteiger charge is 2.32. The van der Waals surface area contributed by atoms with Crippen LogP contribution in [0.15, 0.2) is 42.5 Å². The summed E-state index contributed by atoms with van der Waals surface area (Å²) in [6.07, 6.45) is -4.82. The first-order valence-electron chi connectivity index (χ1n) is 8.09. The Labute approximate surface area is 161 Å². The number of anilines is 1. The fourth-order valence-corrected chi connectivity index (χ4v) is 3.41. The number of rotatable bonds is 6. The van der Waals surface area contributed by atoms with E-state index >= 15 is 0 Å². The molecule has 0 spiro atoms. The second-order valence-corrected chi connectivity index (χ2v) is 6.88. The molecule has 148 valence electrons. The molecular weight excluding hydrogens is 398 g/mol. The largest absolute Gasteiger partial charge is 0.573 e. The summed E-state index contributed by atoms with van der Waals surface area (Å²) in [6.45, 7) is -0.225. The van der Waals surface area contributed by atoms with Gasteiger partial charge in [-0.25, -0.2) is 9.37 Å². The van der Waals surface area contributed by atoms with Crippen molar-refractivity contribution < 1.29 is 27.1 Å². The van der Waals surface area contributed by atoms with Gasteiger partial charge in [0.25, 0.3) is 0 Å². The first-order chi connectivity index (χ1) is 13.2. The Morgan fingerprint density at radius 2 is 1.96 bits per heavy atom. The molecule has 0 atom stereocenters. The molecule has 3 rings (SSSR count). The molecule has 3 aromatic rings. The number of hydrogen-bond acceptors (Lipinski definition) is 5. The molecule has 0 saturated heterocycles. The molecule has 5 nitrogen and oxygen atoms in total. The molecule has 0 radical (unpaired) electrons. The third-order valence-corrected chi connectivity index (χ3v) is 4.87. The van der Waals surface area contributed by atoms with Crippen LogP contribution in [0.25, 0.3) is 10.2 Å². The lowest BCUT2D eigenvalue weighted by Crippen LogP contribution is -2.35. The number of thiazole rings is 1. The Morgan fingerprint density at radius 1 is 1.21 bits per heavy atom. The molecule has 0 fully saturated rings. The molecule has 1 amide bonds. The van der Waals surface area contributed by atoms with E-state index in [2.05, 4.69) is 15.0 Å². The Morgan fingerprint density at radius 3 is 2.68 bits per heavy atom. The van der Waals surface area contributed by atoms with E-state index in [4.69, 9.17) is 0 Å². The maximum absolute atomic E-state index is 13.7. The molecule has 2 aromatic carbocycles. The van der Waals surface area contributed by atoms with Crippen LogP contribution in [0.1, 0.15) is 5.56 Å². The highest BCUT2D eigenvalue weighted by Crippen LogP contribution is 2.29. The molecule has 1 aromatic heterocycles. The van der Waals surface area contributed by atoms with Gasteiger partial charge in [0, 0.05) is 19.2 Å². The fourth-order valence-electron chi connectivity index (χ4n) is 2.47. The monoisotopic (exact) mass is 413 g/mol. The molecule has 0 saturated carbocycles. The van der Waals surface area contributed by atoms with Gasteiger partial charge >= 0.3 is 6.36 Å². The Hall–Kier alpha value is -2.88. The van der Waals surface area contributed by atoms with E-state index in [0.29, 0.717) is 9.83 Å². The number of aromatic nitrogens is 1. The van der Waals surface area contributed by atoms with Crippen molar-refractivity contribution in [1.82, 2.24) is 10.3 Å². The van der Waals surface area contributed by atoms with Crippen molar-refractivity contribution in [2.24, 2.45) is 0 Å². The van der Waals surface area contributed by atoms with E-state index in [1.165, 1.54) is 40.5 Å². The molecular formula is C18H15F4N3O2S. The van der Waals surface area contributed by atoms with E-state index in [0.717, 1.165) is 0 Å². The summed E-state index contributed by atoms with van der Waals surface area (Å²) in [4.78, 5) is 17.9. The molecule has 0 bridgehead atoms. The van der Waals surface area contributed by atoms with Crippen molar-refractivity contribution in [2.45, 2.75) is 12.9 Å². The number of hydrogen-bond donors (Lipinski definition) is 1. The number of carbonyl (C=O) groups excluding carboxylic acids is 1. The van der Waals surface area contributed by atoms with Crippen LogP contribution in [0, 0.1) is 5.82 Å². The summed E-state index contributed by atoms with van der Waals surface area (Å²) in [5, 5.41) is 3.00. The average Bonchev–Trinajstić information content (AvgIpc) is 3.05. The van der Waals surface area contributed by atoms with E-state index in [9.17, 15) is 22.4 Å². The summed E-state index contributed by atoms with van der Waals surface area (Å²) < 4.78 is 55.7. The minimum Gasteiger partial charge on any atom is -0.405 e. The Kier molecular flexibility index (Phi) is 5.68. The van der Waals surface area contributed by atoms with Crippen LogP contribution in [0.4, 0.5) is 22.7 Å². The van der Waals surface area contributed by atoms with Crippen LogP contribution in [-0.2, 0) is 11.3 Å². The third-order valence-electron chi connectivity index (χ3n) is 3.74. The number of amides is 1. The number of benzene rings is 2. The molecule has 0 aliphatic rings. The van der Waals surface area contributed by atoms with Crippen LogP contribution in [0.5, 0.6) is 5.75 Å². The number of ether oxygens (including phenoxy) is 1. The minimum absolute atomic E-state index is 0.0935. The molecule has 10 heteroatoms. The van der Waals surface area contributed by atoms with Gasteiger partial charge < -0.3 is 15.0 Å². The summed E-state index contributed by atoms with van der Waals surface area (Å²) >= 11 is 1.23. The molecule has 0 aliphatic carbocycles. The van der Waals surface area contributed by atoms with Crippen LogP contribution in [0.2, 0.25) is 0 Å². The summed E-state index contributed by atoms with van der Waals surface area (Å²) in [5.41, 5.74) is 0.422. The summed E-state index contributed by atoms with van der Waals surface area (Å²) in [7, 11) is 1.62. The van der Waals surface area contributed by atoms with Gasteiger partial charge in [0.05, 0.1) is 11.2 Å². The maximum Gasteiger partial charge on any atom is 0.573 e. The zero-order chi connectivity index (χ0) is 20.3. The molecule has 1 heterocycles. The van der Waals surface area contributed by atoms with Crippen molar-refractivity contribution in [1.29, 1.82) is 0 Å². The minimum atomic E-state index is -4.82. The van der Waals surface area contributed by atoms with Crippen LogP contribution >= 0.6 is 11.3 Å². The number of carbonyl (C=O) groups is 1. The fraction of sp³-hybridized carbons (Fsp3) is 0.222. The SMILES string of the molecule is CN(CC(=O)NCc1ccccc1OC(F)(F)F)c1nc2c(F)cccc2s1. The predicted molar refractivity (Wildman–Crippen MR) is 97.8 cm³/mol. The Balaban J connectivity index is 1.62. The van der Waals surface area contributed by atoms with E-state index < -0.39 is 18.1 Å². The number of nitrogens with one attached hydrogen (secondary N) is 1. The van der Waals surface area contributed by atoms with Gasteiger partial charge in [0.15, 0.2) is 5.13 Å². The second kappa shape index (κ2) is 8.01. The number of likely N-dealkylation sites (N-methyl/N-ethyl adjacent to an activating group) is 1. The van der Waals surface area contributed by atoms with Gasteiger partial charge in [0.1, 0.15) is 17.1 Å². The van der Waals surface area contributed by atoms with Crippen molar-refractivity contribution in [3.8, 4) is 5.75 Å². The van der Waals surface area contributed by atoms with Gasteiger partial charge in [-0.3, -0.25) is 4.79 Å². The number of fused-ring (bicyclic) bond motifs is 1. The smallest absolute Gasteiger partial charge is 0.405 e. The van der Waals surface area contributed by atoms with Gasteiger partial charge in [0.2, 0.25) is 5.91 Å². The first-order valence-corrected chi connectivity index (χ1v) is 8.91. The summed E-state index contributed by atoms with van der Waals surface area (Å²) in [5.74, 6) is -1.24. The van der Waals surface area contributed by atoms with Crippen LogP contribution < -0.4 is 15.0 Å². The molecule has 0 aliphatic heterocycles. The zero-order valence-corrected chi connectivity index (χ0v) is 15.4. The number of nitrogens with zero attached hydrogens (tertiary/aromatic N) is 2. The van der Waals surface area contributed by atoms with E-state index in [1.54, 1.807) is 25.2 Å². The Bertz CT molecular complexity index is 990. The average molecular weight is 413 g/mol. The van der Waals surface area contributed by atoms with Gasteiger partial charge in [-0.15, -0.1) is 13.2 Å². The lowest BCUT2D eigenvalue weighted by atomic mass is 10.2. The van der Waals surface area contributed by atoms with E-state index in [1.807, 2.05) is 0 Å². The highest BCUT2D eigenvalue weighted by molar-refractivity contribution is 7.22. The van der Waals surface area contributed by atoms with Crippen LogP contribution in [-0.4, -0.2) is 30.8 Å². The lowest BCUT2D eigenvalue weighted by Gasteiger charge is -2.16. The van der Waals surface area contributed by atoms with Gasteiger partial charge in [-0.1, -0.05) is 35.6 Å². The van der Waals surface area contributed by atoms with Crippen molar-refractivity contribution in [3.05, 3.63) is 53.8 Å². The number of alkyl halides is 3. The van der Waals surface area contributed by atoms with Gasteiger partial charge in [-0.2, -0.15) is 0 Å². The summed E-state index contributed by atoms with van der Waals surface area (Å²) in [6, 6.07) is 10.2. The third kappa shape index (κ3) is 4.89. The standard InChI is InChI=1S/C18H15F4N3O2S/c1-25(17-24-16-12(19)6-4-8-14(16)28-17)10-15(26)23-9-11-5-2-3-7-13(11)27-18(20,21)22/h2-8H,9-10H2,1H3,(H,23,26). The molecule has 1 N–H and O–H groups in total. The van der Waals surface area contributed by atoms with Crippen molar-refractivity contribution in [2.75, 3.05) is 18.5 Å². The zero-order valence-electron chi connectivity index (χ0n) is 14.6. The number of halogens is 4. The lowest BCUT2D eigenvalue weighted by molar-refractivity contribution is -0.274. The highest BCUT2D eigenvalue weighted by atomic mass is 32.1. The van der Waals surface area contributed by atoms with Crippen molar-refractivity contribution >= 4 is 32.6 Å². The quantitative estimate of drug-likeness (QED) is 0.619. The molecule has 28 heavy (non-hydrogen) atoms. The first kappa shape index (κ1) is 19.9. The second-order valence-electron chi connectivity index (χ2n) is 5.87. The number of para-hydroxylation sites is 2.